The van der Waals surface area contributed by atoms with Crippen molar-refractivity contribution >= 4 is 28.7 Å². The Morgan fingerprint density at radius 2 is 1.55 bits per heavy atom. The number of hydrogen-bond acceptors (Lipinski definition) is 7. The van der Waals surface area contributed by atoms with Gasteiger partial charge in [0.1, 0.15) is 10.7 Å². The van der Waals surface area contributed by atoms with Crippen molar-refractivity contribution in [2.24, 2.45) is 0 Å². The van der Waals surface area contributed by atoms with E-state index in [0.29, 0.717) is 33.5 Å². The number of ether oxygens (including phenoxy) is 4. The topological polar surface area (TPSA) is 66.0 Å². The van der Waals surface area contributed by atoms with E-state index in [1.165, 1.54) is 51.9 Å². The molecule has 0 aliphatic heterocycles. The highest BCUT2D eigenvalue weighted by Crippen LogP contribution is 2.42. The summed E-state index contributed by atoms with van der Waals surface area (Å²) >= 11 is 1.25. The smallest absolute Gasteiger partial charge is 0.350 e. The highest BCUT2D eigenvalue weighted by Gasteiger charge is 2.20. The summed E-state index contributed by atoms with van der Waals surface area (Å²) in [4.78, 5) is 13.5. The van der Waals surface area contributed by atoms with E-state index in [2.05, 4.69) is 5.32 Å². The fourth-order valence-electron chi connectivity index (χ4n) is 2.79. The Hall–Kier alpha value is -3.26. The number of carbonyl (C=O) groups excluding carboxylic acids is 1. The number of anilines is 2. The Bertz CT molecular complexity index is 991. The lowest BCUT2D eigenvalue weighted by Crippen LogP contribution is -2.03. The first-order chi connectivity index (χ1) is 14.0. The highest BCUT2D eigenvalue weighted by molar-refractivity contribution is 7.18. The van der Waals surface area contributed by atoms with Gasteiger partial charge in [0.05, 0.1) is 34.1 Å². The number of carbonyl (C=O) groups is 1. The number of halogens is 1. The minimum atomic E-state index is -0.474. The SMILES string of the molecule is COC(=O)c1sc(-c2ccc(F)cc2)cc1Nc1cc(OC)c(OC)c(OC)c1. The fourth-order valence-corrected chi connectivity index (χ4v) is 3.83. The Morgan fingerprint density at radius 1 is 0.931 bits per heavy atom. The van der Waals surface area contributed by atoms with Crippen molar-refractivity contribution < 1.29 is 28.1 Å². The van der Waals surface area contributed by atoms with Gasteiger partial charge in [0.25, 0.3) is 0 Å². The molecule has 0 saturated heterocycles. The van der Waals surface area contributed by atoms with Crippen molar-refractivity contribution in [1.82, 2.24) is 0 Å². The van der Waals surface area contributed by atoms with Gasteiger partial charge in [-0.1, -0.05) is 12.1 Å². The summed E-state index contributed by atoms with van der Waals surface area (Å²) in [5.41, 5.74) is 1.98. The van der Waals surface area contributed by atoms with Crippen LogP contribution in [0.25, 0.3) is 10.4 Å². The van der Waals surface area contributed by atoms with Gasteiger partial charge < -0.3 is 24.3 Å². The molecule has 0 atom stereocenters. The van der Waals surface area contributed by atoms with Crippen molar-refractivity contribution in [2.45, 2.75) is 0 Å². The monoisotopic (exact) mass is 417 g/mol. The molecule has 0 spiro atoms. The summed E-state index contributed by atoms with van der Waals surface area (Å²) < 4.78 is 34.2. The van der Waals surface area contributed by atoms with Crippen molar-refractivity contribution in [3.8, 4) is 27.7 Å². The van der Waals surface area contributed by atoms with Gasteiger partial charge in [-0.2, -0.15) is 0 Å². The molecule has 0 unspecified atom stereocenters. The summed E-state index contributed by atoms with van der Waals surface area (Å²) in [6.07, 6.45) is 0. The lowest BCUT2D eigenvalue weighted by molar-refractivity contribution is 0.0607. The Kier molecular flexibility index (Phi) is 6.23. The van der Waals surface area contributed by atoms with E-state index in [0.717, 1.165) is 10.4 Å². The summed E-state index contributed by atoms with van der Waals surface area (Å²) in [5, 5.41) is 3.21. The second kappa shape index (κ2) is 8.83. The van der Waals surface area contributed by atoms with Crippen molar-refractivity contribution in [3.05, 3.63) is 53.2 Å². The van der Waals surface area contributed by atoms with Crippen molar-refractivity contribution in [1.29, 1.82) is 0 Å². The molecule has 0 fully saturated rings. The van der Waals surface area contributed by atoms with Crippen LogP contribution in [-0.4, -0.2) is 34.4 Å². The first-order valence-corrected chi connectivity index (χ1v) is 9.37. The number of nitrogens with one attached hydrogen (secondary N) is 1. The van der Waals surface area contributed by atoms with Crippen LogP contribution in [0.3, 0.4) is 0 Å². The van der Waals surface area contributed by atoms with E-state index in [-0.39, 0.29) is 5.82 Å². The summed E-state index contributed by atoms with van der Waals surface area (Å²) in [5.74, 6) is 0.615. The van der Waals surface area contributed by atoms with Gasteiger partial charge in [-0.05, 0) is 23.8 Å². The highest BCUT2D eigenvalue weighted by atomic mass is 32.1. The van der Waals surface area contributed by atoms with Gasteiger partial charge in [0.15, 0.2) is 11.5 Å². The lowest BCUT2D eigenvalue weighted by atomic mass is 10.2. The van der Waals surface area contributed by atoms with Crippen LogP contribution in [0, 0.1) is 5.82 Å². The predicted octanol–water partition coefficient (Wildman–Crippen LogP) is 5.11. The second-order valence-corrected chi connectivity index (χ2v) is 6.94. The summed E-state index contributed by atoms with van der Waals surface area (Å²) in [6.45, 7) is 0. The zero-order chi connectivity index (χ0) is 21.0. The number of methoxy groups -OCH3 is 4. The van der Waals surface area contributed by atoms with Crippen LogP contribution in [0.1, 0.15) is 9.67 Å². The normalized spacial score (nSPS) is 10.4. The Labute approximate surface area is 171 Å². The number of benzene rings is 2. The molecule has 2 aromatic carbocycles. The zero-order valence-corrected chi connectivity index (χ0v) is 17.2. The largest absolute Gasteiger partial charge is 0.493 e. The van der Waals surface area contributed by atoms with Crippen molar-refractivity contribution in [2.75, 3.05) is 33.8 Å². The standard InChI is InChI=1S/C21H20FNO5S/c1-25-16-9-14(10-17(26-2)19(16)27-3)23-15-11-18(29-20(15)21(24)28-4)12-5-7-13(22)8-6-12/h5-11,23H,1-4H3. The van der Waals surface area contributed by atoms with E-state index in [9.17, 15) is 9.18 Å². The third kappa shape index (κ3) is 4.27. The number of hydrogen-bond donors (Lipinski definition) is 1. The van der Waals surface area contributed by atoms with E-state index in [1.807, 2.05) is 6.07 Å². The van der Waals surface area contributed by atoms with Crippen LogP contribution in [-0.2, 0) is 4.74 Å². The second-order valence-electron chi connectivity index (χ2n) is 5.89. The third-order valence-electron chi connectivity index (χ3n) is 4.18. The van der Waals surface area contributed by atoms with Crippen LogP contribution in [0.2, 0.25) is 0 Å². The molecule has 1 N–H and O–H groups in total. The Balaban J connectivity index is 2.04. The molecule has 0 amide bonds. The van der Waals surface area contributed by atoms with Gasteiger partial charge >= 0.3 is 5.97 Å². The third-order valence-corrected chi connectivity index (χ3v) is 5.34. The van der Waals surface area contributed by atoms with Crippen LogP contribution in [0.4, 0.5) is 15.8 Å². The quantitative estimate of drug-likeness (QED) is 0.539. The van der Waals surface area contributed by atoms with Crippen LogP contribution < -0.4 is 19.5 Å². The van der Waals surface area contributed by atoms with Crippen LogP contribution in [0.15, 0.2) is 42.5 Å². The zero-order valence-electron chi connectivity index (χ0n) is 16.4. The number of rotatable bonds is 7. The van der Waals surface area contributed by atoms with Gasteiger partial charge in [-0.3, -0.25) is 0 Å². The molecule has 0 saturated carbocycles. The molecule has 0 aliphatic carbocycles. The van der Waals surface area contributed by atoms with Gasteiger partial charge in [-0.25, -0.2) is 9.18 Å². The summed E-state index contributed by atoms with van der Waals surface area (Å²) in [7, 11) is 5.90. The molecule has 1 aromatic heterocycles. The minimum absolute atomic E-state index is 0.325. The molecule has 8 heteroatoms. The molecule has 1 heterocycles. The maximum atomic E-state index is 13.2. The molecule has 6 nitrogen and oxygen atoms in total. The number of thiophene rings is 1. The molecule has 0 bridgehead atoms. The average Bonchev–Trinajstić information content (AvgIpc) is 3.16. The first kappa shape index (κ1) is 20.5. The average molecular weight is 417 g/mol. The van der Waals surface area contributed by atoms with Crippen LogP contribution in [0.5, 0.6) is 17.2 Å². The van der Waals surface area contributed by atoms with E-state index < -0.39 is 5.97 Å². The molecular formula is C21H20FNO5S. The molecular weight excluding hydrogens is 397 g/mol. The van der Waals surface area contributed by atoms with Crippen molar-refractivity contribution in [3.63, 3.8) is 0 Å². The van der Waals surface area contributed by atoms with Gasteiger partial charge in [0, 0.05) is 22.7 Å². The van der Waals surface area contributed by atoms with E-state index in [4.69, 9.17) is 18.9 Å². The maximum Gasteiger partial charge on any atom is 0.350 e. The minimum Gasteiger partial charge on any atom is -0.493 e. The summed E-state index contributed by atoms with van der Waals surface area (Å²) in [6, 6.07) is 11.3. The molecule has 29 heavy (non-hydrogen) atoms. The molecule has 3 aromatic rings. The molecule has 0 aliphatic rings. The van der Waals surface area contributed by atoms with Gasteiger partial charge in [0.2, 0.25) is 5.75 Å². The first-order valence-electron chi connectivity index (χ1n) is 8.55. The molecule has 0 radical (unpaired) electrons. The van der Waals surface area contributed by atoms with E-state index in [1.54, 1.807) is 24.3 Å². The lowest BCUT2D eigenvalue weighted by Gasteiger charge is -2.15. The Morgan fingerprint density at radius 3 is 2.07 bits per heavy atom. The maximum absolute atomic E-state index is 13.2. The van der Waals surface area contributed by atoms with E-state index >= 15 is 0 Å². The van der Waals surface area contributed by atoms with Crippen LogP contribution >= 0.6 is 11.3 Å². The predicted molar refractivity (Wildman–Crippen MR) is 110 cm³/mol. The fraction of sp³-hybridized carbons (Fsp3) is 0.190. The molecule has 152 valence electrons. The number of esters is 1. The van der Waals surface area contributed by atoms with Gasteiger partial charge in [-0.15, -0.1) is 11.3 Å². The molecule has 3 rings (SSSR count).